The lowest BCUT2D eigenvalue weighted by Crippen LogP contribution is -2.36. The molecule has 1 amide bonds. The molecule has 0 aliphatic carbocycles. The molecule has 0 aliphatic heterocycles. The molecule has 10 heavy (non-hydrogen) atoms. The van der Waals surface area contributed by atoms with Gasteiger partial charge in [0.05, 0.1) is 6.04 Å². The highest BCUT2D eigenvalue weighted by molar-refractivity contribution is 5.87. The van der Waals surface area contributed by atoms with Gasteiger partial charge in [-0.2, -0.15) is 0 Å². The first-order valence-electron chi connectivity index (χ1n) is 3.37. The van der Waals surface area contributed by atoms with E-state index in [0.717, 1.165) is 0 Å². The van der Waals surface area contributed by atoms with Crippen LogP contribution in [0.5, 0.6) is 0 Å². The van der Waals surface area contributed by atoms with Crippen LogP contribution < -0.4 is 5.32 Å². The van der Waals surface area contributed by atoms with Crippen molar-refractivity contribution in [3.05, 3.63) is 0 Å². The van der Waals surface area contributed by atoms with E-state index in [2.05, 4.69) is 5.32 Å². The lowest BCUT2D eigenvalue weighted by Gasteiger charge is -2.08. The predicted octanol–water partition coefficient (Wildman–Crippen LogP) is 0.490. The van der Waals surface area contributed by atoms with Gasteiger partial charge in [-0.1, -0.05) is 6.92 Å². The van der Waals surface area contributed by atoms with Crippen LogP contribution in [0.4, 0.5) is 0 Å². The fourth-order valence-corrected chi connectivity index (χ4v) is 0.692. The van der Waals surface area contributed by atoms with Crippen molar-refractivity contribution in [1.29, 1.82) is 0 Å². The number of Topliss-reactive ketones (excluding diaryl/α,β-unsaturated/α-hetero) is 1. The summed E-state index contributed by atoms with van der Waals surface area (Å²) in [5, 5.41) is 2.50. The summed E-state index contributed by atoms with van der Waals surface area (Å²) < 4.78 is 0. The molecule has 0 fully saturated rings. The van der Waals surface area contributed by atoms with E-state index >= 15 is 0 Å². The van der Waals surface area contributed by atoms with Crippen molar-refractivity contribution in [2.75, 3.05) is 0 Å². The van der Waals surface area contributed by atoms with Crippen LogP contribution >= 0.6 is 0 Å². The molecule has 1 N–H and O–H groups in total. The SMILES string of the molecule is CCC(=O)[C@H](C)NC(C)=O. The topological polar surface area (TPSA) is 46.2 Å². The highest BCUT2D eigenvalue weighted by Gasteiger charge is 2.09. The highest BCUT2D eigenvalue weighted by atomic mass is 16.2. The second kappa shape index (κ2) is 4.04. The third-order valence-electron chi connectivity index (χ3n) is 1.25. The summed E-state index contributed by atoms with van der Waals surface area (Å²) in [6.45, 7) is 4.87. The normalized spacial score (nSPS) is 12.3. The Bertz CT molecular complexity index is 143. The van der Waals surface area contributed by atoms with Gasteiger partial charge in [0.25, 0.3) is 0 Å². The van der Waals surface area contributed by atoms with Crippen LogP contribution in [0.3, 0.4) is 0 Å². The second-order valence-electron chi connectivity index (χ2n) is 2.24. The van der Waals surface area contributed by atoms with Crippen molar-refractivity contribution in [2.24, 2.45) is 0 Å². The fraction of sp³-hybridized carbons (Fsp3) is 0.714. The molecule has 0 spiro atoms. The van der Waals surface area contributed by atoms with Gasteiger partial charge < -0.3 is 5.32 Å². The number of carbonyl (C=O) groups excluding carboxylic acids is 2. The molecule has 0 aromatic heterocycles. The van der Waals surface area contributed by atoms with Crippen molar-refractivity contribution >= 4 is 11.7 Å². The number of rotatable bonds is 3. The zero-order chi connectivity index (χ0) is 8.15. The van der Waals surface area contributed by atoms with Crippen LogP contribution in [0, 0.1) is 0 Å². The Labute approximate surface area is 60.8 Å². The molecule has 0 bridgehead atoms. The summed E-state index contributed by atoms with van der Waals surface area (Å²) in [6.07, 6.45) is 0.474. The maximum absolute atomic E-state index is 10.8. The molecule has 0 aromatic rings. The first kappa shape index (κ1) is 9.14. The van der Waals surface area contributed by atoms with Gasteiger partial charge in [-0.25, -0.2) is 0 Å². The van der Waals surface area contributed by atoms with Crippen LogP contribution in [0.25, 0.3) is 0 Å². The predicted molar refractivity (Wildman–Crippen MR) is 38.6 cm³/mol. The van der Waals surface area contributed by atoms with E-state index in [1.807, 2.05) is 0 Å². The van der Waals surface area contributed by atoms with Crippen molar-refractivity contribution in [3.63, 3.8) is 0 Å². The molecule has 0 rings (SSSR count). The lowest BCUT2D eigenvalue weighted by molar-refractivity contribution is -0.126. The molecule has 0 saturated heterocycles. The summed E-state index contributed by atoms with van der Waals surface area (Å²) in [4.78, 5) is 21.2. The number of nitrogens with one attached hydrogen (secondary N) is 1. The number of carbonyl (C=O) groups is 2. The zero-order valence-corrected chi connectivity index (χ0v) is 6.60. The molecule has 0 aromatic carbocycles. The first-order chi connectivity index (χ1) is 4.57. The Balaban J connectivity index is 3.72. The number of ketones is 1. The van der Waals surface area contributed by atoms with E-state index in [4.69, 9.17) is 0 Å². The minimum atomic E-state index is -0.331. The summed E-state index contributed by atoms with van der Waals surface area (Å²) in [5.41, 5.74) is 0. The Kier molecular flexibility index (Phi) is 3.69. The van der Waals surface area contributed by atoms with Crippen LogP contribution in [-0.2, 0) is 9.59 Å². The van der Waals surface area contributed by atoms with Crippen LogP contribution in [0.2, 0.25) is 0 Å². The van der Waals surface area contributed by atoms with E-state index in [-0.39, 0.29) is 17.7 Å². The summed E-state index contributed by atoms with van der Waals surface area (Å²) in [5.74, 6) is -0.0931. The molecule has 0 saturated carbocycles. The van der Waals surface area contributed by atoms with Crippen molar-refractivity contribution < 1.29 is 9.59 Å². The Hall–Kier alpha value is -0.860. The minimum absolute atomic E-state index is 0.0650. The van der Waals surface area contributed by atoms with Crippen LogP contribution in [0.15, 0.2) is 0 Å². The fourth-order valence-electron chi connectivity index (χ4n) is 0.692. The molecule has 0 radical (unpaired) electrons. The zero-order valence-electron chi connectivity index (χ0n) is 6.60. The molecule has 0 heterocycles. The molecular formula is C7H13NO2. The minimum Gasteiger partial charge on any atom is -0.347 e. The Morgan fingerprint density at radius 2 is 2.00 bits per heavy atom. The van der Waals surface area contributed by atoms with Gasteiger partial charge in [0, 0.05) is 13.3 Å². The summed E-state index contributed by atoms with van der Waals surface area (Å²) in [6, 6.07) is -0.331. The third kappa shape index (κ3) is 3.22. The highest BCUT2D eigenvalue weighted by Crippen LogP contribution is 1.88. The molecule has 0 aliphatic rings. The molecule has 3 heteroatoms. The van der Waals surface area contributed by atoms with Crippen molar-refractivity contribution in [3.8, 4) is 0 Å². The van der Waals surface area contributed by atoms with Crippen LogP contribution in [0.1, 0.15) is 27.2 Å². The van der Waals surface area contributed by atoms with E-state index in [9.17, 15) is 9.59 Å². The standard InChI is InChI=1S/C7H13NO2/c1-4-7(10)5(2)8-6(3)9/h5H,4H2,1-3H3,(H,8,9)/t5-/m0/s1. The van der Waals surface area contributed by atoms with Gasteiger partial charge in [-0.05, 0) is 6.92 Å². The molecular weight excluding hydrogens is 130 g/mol. The molecule has 0 unspecified atom stereocenters. The van der Waals surface area contributed by atoms with Crippen molar-refractivity contribution in [2.45, 2.75) is 33.2 Å². The van der Waals surface area contributed by atoms with E-state index < -0.39 is 0 Å². The Morgan fingerprint density at radius 3 is 2.30 bits per heavy atom. The summed E-state index contributed by atoms with van der Waals surface area (Å²) in [7, 11) is 0. The largest absolute Gasteiger partial charge is 0.347 e. The number of amides is 1. The monoisotopic (exact) mass is 143 g/mol. The first-order valence-corrected chi connectivity index (χ1v) is 3.37. The second-order valence-corrected chi connectivity index (χ2v) is 2.24. The van der Waals surface area contributed by atoms with Gasteiger partial charge in [0.1, 0.15) is 0 Å². The number of hydrogen-bond acceptors (Lipinski definition) is 2. The Morgan fingerprint density at radius 1 is 1.50 bits per heavy atom. The third-order valence-corrected chi connectivity index (χ3v) is 1.25. The van der Waals surface area contributed by atoms with Gasteiger partial charge >= 0.3 is 0 Å². The van der Waals surface area contributed by atoms with Crippen LogP contribution in [-0.4, -0.2) is 17.7 Å². The number of hydrogen-bond donors (Lipinski definition) is 1. The average molecular weight is 143 g/mol. The van der Waals surface area contributed by atoms with E-state index in [1.54, 1.807) is 13.8 Å². The molecule has 3 nitrogen and oxygen atoms in total. The maximum atomic E-state index is 10.8. The lowest BCUT2D eigenvalue weighted by atomic mass is 10.2. The van der Waals surface area contributed by atoms with Gasteiger partial charge in [-0.15, -0.1) is 0 Å². The maximum Gasteiger partial charge on any atom is 0.217 e. The van der Waals surface area contributed by atoms with E-state index in [0.29, 0.717) is 6.42 Å². The molecule has 58 valence electrons. The van der Waals surface area contributed by atoms with Gasteiger partial charge in [0.2, 0.25) is 5.91 Å². The van der Waals surface area contributed by atoms with E-state index in [1.165, 1.54) is 6.92 Å². The quantitative estimate of drug-likeness (QED) is 0.625. The van der Waals surface area contributed by atoms with Crippen molar-refractivity contribution in [1.82, 2.24) is 5.32 Å². The summed E-state index contributed by atoms with van der Waals surface area (Å²) >= 11 is 0. The smallest absolute Gasteiger partial charge is 0.217 e. The van der Waals surface area contributed by atoms with Gasteiger partial charge in [-0.3, -0.25) is 9.59 Å². The average Bonchev–Trinajstić information content (AvgIpc) is 1.85. The molecule has 1 atom stereocenters. The van der Waals surface area contributed by atoms with Gasteiger partial charge in [0.15, 0.2) is 5.78 Å².